The lowest BCUT2D eigenvalue weighted by atomic mass is 10.2. The number of methoxy groups -OCH3 is 1. The lowest BCUT2D eigenvalue weighted by Gasteiger charge is -2.36. The number of piperazine rings is 1. The summed E-state index contributed by atoms with van der Waals surface area (Å²) in [4.78, 5) is 13.4. The summed E-state index contributed by atoms with van der Waals surface area (Å²) >= 11 is 0. The molecule has 1 fully saturated rings. The van der Waals surface area contributed by atoms with E-state index in [1.54, 1.807) is 4.90 Å². The number of amides is 1. The van der Waals surface area contributed by atoms with Gasteiger partial charge in [-0.2, -0.15) is 4.31 Å². The molecule has 0 saturated carbocycles. The van der Waals surface area contributed by atoms with Crippen LogP contribution >= 0.6 is 0 Å². The Morgan fingerprint density at radius 1 is 1.27 bits per heavy atom. The van der Waals surface area contributed by atoms with E-state index in [1.165, 1.54) is 25.3 Å². The molecule has 1 aromatic rings. The topological polar surface area (TPSA) is 87.2 Å². The number of phenols is 1. The molecule has 0 bridgehead atoms. The SMILES string of the molecule is COc1ccc(O)c(S(=O)(=O)N2CCN(C(C)C)C(=O)C2)c1. The number of carbonyl (C=O) groups is 1. The third kappa shape index (κ3) is 3.02. The third-order valence-corrected chi connectivity index (χ3v) is 5.50. The molecule has 1 aromatic carbocycles. The highest BCUT2D eigenvalue weighted by molar-refractivity contribution is 7.89. The zero-order valence-electron chi connectivity index (χ0n) is 12.8. The van der Waals surface area contributed by atoms with Gasteiger partial charge in [0, 0.05) is 25.2 Å². The molecule has 1 saturated heterocycles. The molecule has 7 nitrogen and oxygen atoms in total. The molecule has 1 amide bonds. The average molecular weight is 328 g/mol. The Labute approximate surface area is 130 Å². The van der Waals surface area contributed by atoms with Crippen molar-refractivity contribution in [2.24, 2.45) is 0 Å². The molecule has 0 aliphatic carbocycles. The van der Waals surface area contributed by atoms with E-state index in [0.29, 0.717) is 12.3 Å². The van der Waals surface area contributed by atoms with Gasteiger partial charge in [-0.05, 0) is 26.0 Å². The average Bonchev–Trinajstić information content (AvgIpc) is 2.47. The monoisotopic (exact) mass is 328 g/mol. The zero-order valence-corrected chi connectivity index (χ0v) is 13.6. The van der Waals surface area contributed by atoms with Gasteiger partial charge < -0.3 is 14.7 Å². The number of sulfonamides is 1. The molecule has 122 valence electrons. The molecular weight excluding hydrogens is 308 g/mol. The molecule has 1 aliphatic rings. The lowest BCUT2D eigenvalue weighted by Crippen LogP contribution is -2.54. The summed E-state index contributed by atoms with van der Waals surface area (Å²) in [6.45, 7) is 4.08. The number of phenolic OH excluding ortho intramolecular Hbond substituents is 1. The van der Waals surface area contributed by atoms with E-state index in [0.717, 1.165) is 4.31 Å². The number of benzene rings is 1. The summed E-state index contributed by atoms with van der Waals surface area (Å²) in [5.41, 5.74) is 0. The Morgan fingerprint density at radius 3 is 2.50 bits per heavy atom. The minimum Gasteiger partial charge on any atom is -0.507 e. The lowest BCUT2D eigenvalue weighted by molar-refractivity contribution is -0.135. The summed E-state index contributed by atoms with van der Waals surface area (Å²) < 4.78 is 31.4. The fraction of sp³-hybridized carbons (Fsp3) is 0.500. The third-order valence-electron chi connectivity index (χ3n) is 3.63. The van der Waals surface area contributed by atoms with Gasteiger partial charge in [-0.25, -0.2) is 8.42 Å². The predicted octanol–water partition coefficient (Wildman–Crippen LogP) is 0.642. The van der Waals surface area contributed by atoms with Gasteiger partial charge in [0.1, 0.15) is 16.4 Å². The Hall–Kier alpha value is -1.80. The summed E-state index contributed by atoms with van der Waals surface area (Å²) in [6, 6.07) is 4.01. The van der Waals surface area contributed by atoms with Gasteiger partial charge in [-0.1, -0.05) is 0 Å². The first-order chi connectivity index (χ1) is 10.3. The molecule has 0 aromatic heterocycles. The molecule has 1 aliphatic heterocycles. The smallest absolute Gasteiger partial charge is 0.247 e. The van der Waals surface area contributed by atoms with E-state index >= 15 is 0 Å². The second-order valence-corrected chi connectivity index (χ2v) is 7.26. The van der Waals surface area contributed by atoms with Crippen molar-refractivity contribution in [2.45, 2.75) is 24.8 Å². The molecular formula is C14H20N2O5S. The quantitative estimate of drug-likeness (QED) is 0.876. The van der Waals surface area contributed by atoms with Crippen LogP contribution in [-0.2, 0) is 14.8 Å². The fourth-order valence-corrected chi connectivity index (χ4v) is 3.86. The zero-order chi connectivity index (χ0) is 16.5. The molecule has 22 heavy (non-hydrogen) atoms. The minimum atomic E-state index is -3.95. The number of aromatic hydroxyl groups is 1. The van der Waals surface area contributed by atoms with Gasteiger partial charge in [-0.15, -0.1) is 0 Å². The number of ether oxygens (including phenoxy) is 1. The second-order valence-electron chi connectivity index (χ2n) is 5.35. The van der Waals surface area contributed by atoms with Crippen molar-refractivity contribution in [3.05, 3.63) is 18.2 Å². The maximum Gasteiger partial charge on any atom is 0.247 e. The number of hydrogen-bond acceptors (Lipinski definition) is 5. The normalized spacial score (nSPS) is 17.1. The van der Waals surface area contributed by atoms with Crippen LogP contribution in [0.3, 0.4) is 0 Å². The van der Waals surface area contributed by atoms with Crippen LogP contribution in [0.5, 0.6) is 11.5 Å². The van der Waals surface area contributed by atoms with Crippen molar-refractivity contribution < 1.29 is 23.1 Å². The number of nitrogens with zero attached hydrogens (tertiary/aromatic N) is 2. The van der Waals surface area contributed by atoms with Gasteiger partial charge in [-0.3, -0.25) is 4.79 Å². The van der Waals surface area contributed by atoms with Crippen LogP contribution in [0.25, 0.3) is 0 Å². The van der Waals surface area contributed by atoms with Crippen LogP contribution in [0, 0.1) is 0 Å². The highest BCUT2D eigenvalue weighted by Gasteiger charge is 2.35. The van der Waals surface area contributed by atoms with Crippen LogP contribution in [0.2, 0.25) is 0 Å². The van der Waals surface area contributed by atoms with Crippen LogP contribution in [0.4, 0.5) is 0 Å². The Balaban J connectivity index is 2.31. The highest BCUT2D eigenvalue weighted by atomic mass is 32.2. The van der Waals surface area contributed by atoms with Crippen LogP contribution in [-0.4, -0.2) is 61.4 Å². The van der Waals surface area contributed by atoms with Crippen molar-refractivity contribution >= 4 is 15.9 Å². The molecule has 0 spiro atoms. The Bertz CT molecular complexity index is 672. The number of hydrogen-bond donors (Lipinski definition) is 1. The molecule has 8 heteroatoms. The summed E-state index contributed by atoms with van der Waals surface area (Å²) in [5.74, 6) is -0.282. The largest absolute Gasteiger partial charge is 0.507 e. The van der Waals surface area contributed by atoms with E-state index in [9.17, 15) is 18.3 Å². The first-order valence-electron chi connectivity index (χ1n) is 6.94. The van der Waals surface area contributed by atoms with Crippen LogP contribution < -0.4 is 4.74 Å². The van der Waals surface area contributed by atoms with Crippen molar-refractivity contribution in [1.29, 1.82) is 0 Å². The van der Waals surface area contributed by atoms with Gasteiger partial charge >= 0.3 is 0 Å². The first kappa shape index (κ1) is 16.6. The van der Waals surface area contributed by atoms with E-state index in [1.807, 2.05) is 13.8 Å². The van der Waals surface area contributed by atoms with Gasteiger partial charge in [0.2, 0.25) is 15.9 Å². The van der Waals surface area contributed by atoms with E-state index in [4.69, 9.17) is 4.74 Å². The van der Waals surface area contributed by atoms with Crippen LogP contribution in [0.15, 0.2) is 23.1 Å². The molecule has 1 heterocycles. The Kier molecular flexibility index (Phi) is 4.62. The Morgan fingerprint density at radius 2 is 1.95 bits per heavy atom. The molecule has 2 rings (SSSR count). The highest BCUT2D eigenvalue weighted by Crippen LogP contribution is 2.30. The van der Waals surface area contributed by atoms with Crippen molar-refractivity contribution in [1.82, 2.24) is 9.21 Å². The van der Waals surface area contributed by atoms with E-state index < -0.39 is 10.0 Å². The first-order valence-corrected chi connectivity index (χ1v) is 8.38. The fourth-order valence-electron chi connectivity index (χ4n) is 2.38. The van der Waals surface area contributed by atoms with Gasteiger partial charge in [0.15, 0.2) is 0 Å². The predicted molar refractivity (Wildman–Crippen MR) is 80.3 cm³/mol. The summed E-state index contributed by atoms with van der Waals surface area (Å²) in [5, 5.41) is 9.85. The van der Waals surface area contributed by atoms with Gasteiger partial charge in [0.05, 0.1) is 13.7 Å². The maximum absolute atomic E-state index is 12.6. The van der Waals surface area contributed by atoms with E-state index in [-0.39, 0.29) is 35.7 Å². The number of rotatable bonds is 4. The number of carbonyl (C=O) groups excluding carboxylic acids is 1. The standard InChI is InChI=1S/C14H20N2O5S/c1-10(2)16-7-6-15(9-14(16)18)22(19,20)13-8-11(21-3)4-5-12(13)17/h4-5,8,10,17H,6-7,9H2,1-3H3. The molecule has 0 unspecified atom stereocenters. The minimum absolute atomic E-state index is 0.0302. The second kappa shape index (κ2) is 6.13. The van der Waals surface area contributed by atoms with E-state index in [2.05, 4.69) is 0 Å². The summed E-state index contributed by atoms with van der Waals surface area (Å²) in [6.07, 6.45) is 0. The van der Waals surface area contributed by atoms with Crippen LogP contribution in [0.1, 0.15) is 13.8 Å². The summed E-state index contributed by atoms with van der Waals surface area (Å²) in [7, 11) is -2.54. The molecule has 0 radical (unpaired) electrons. The molecule has 0 atom stereocenters. The van der Waals surface area contributed by atoms with Crippen molar-refractivity contribution in [2.75, 3.05) is 26.7 Å². The van der Waals surface area contributed by atoms with Crippen molar-refractivity contribution in [3.8, 4) is 11.5 Å². The van der Waals surface area contributed by atoms with Crippen molar-refractivity contribution in [3.63, 3.8) is 0 Å². The van der Waals surface area contributed by atoms with Gasteiger partial charge in [0.25, 0.3) is 0 Å². The molecule has 1 N–H and O–H groups in total. The maximum atomic E-state index is 12.6.